The zero-order valence-corrected chi connectivity index (χ0v) is 15.6. The maximum Gasteiger partial charge on any atom is 0.416 e. The Morgan fingerprint density at radius 1 is 1.25 bits per heavy atom. The van der Waals surface area contributed by atoms with Crippen LogP contribution >= 0.6 is 24.0 Å². The molecule has 2 atom stereocenters. The molecule has 1 unspecified atom stereocenters. The highest BCUT2D eigenvalue weighted by Gasteiger charge is 2.38. The van der Waals surface area contributed by atoms with Gasteiger partial charge >= 0.3 is 6.18 Å². The molecule has 1 saturated heterocycles. The molecule has 1 aliphatic heterocycles. The van der Waals surface area contributed by atoms with Crippen molar-refractivity contribution in [2.24, 2.45) is 5.92 Å². The summed E-state index contributed by atoms with van der Waals surface area (Å²) in [6, 6.07) is 3.96. The van der Waals surface area contributed by atoms with Gasteiger partial charge in [-0.05, 0) is 30.0 Å². The smallest absolute Gasteiger partial charge is 0.314 e. The van der Waals surface area contributed by atoms with Gasteiger partial charge in [0, 0.05) is 37.2 Å². The minimum absolute atomic E-state index is 0. The Kier molecular flexibility index (Phi) is 8.33. The average molecular weight is 385 g/mol. The molecule has 24 heavy (non-hydrogen) atoms. The van der Waals surface area contributed by atoms with Crippen molar-refractivity contribution in [2.75, 3.05) is 26.2 Å². The predicted molar refractivity (Wildman–Crippen MR) is 95.0 cm³/mol. The lowest BCUT2D eigenvalue weighted by atomic mass is 9.86. The van der Waals surface area contributed by atoms with E-state index in [1.165, 1.54) is 0 Å². The SMILES string of the molecule is CCCC(C)[C@@H](c1ccc(Cl)cc1C(F)(F)F)N1CCNCC1.Cl. The van der Waals surface area contributed by atoms with E-state index < -0.39 is 11.7 Å². The molecule has 138 valence electrons. The topological polar surface area (TPSA) is 15.3 Å². The summed E-state index contributed by atoms with van der Waals surface area (Å²) in [6.07, 6.45) is -2.54. The van der Waals surface area contributed by atoms with E-state index in [4.69, 9.17) is 11.6 Å². The van der Waals surface area contributed by atoms with Crippen LogP contribution in [-0.2, 0) is 6.18 Å². The van der Waals surface area contributed by atoms with Gasteiger partial charge in [-0.15, -0.1) is 12.4 Å². The number of hydrogen-bond acceptors (Lipinski definition) is 2. The normalized spacial score (nSPS) is 18.8. The van der Waals surface area contributed by atoms with Gasteiger partial charge in [-0.3, -0.25) is 4.90 Å². The standard InChI is InChI=1S/C17H24ClF3N2.ClH/c1-3-4-12(2)16(23-9-7-22-8-10-23)14-6-5-13(18)11-15(14)17(19,20)21;/h5-6,11-12,16,22H,3-4,7-10H2,1-2H3;1H/t12?,16-;/m0./s1. The monoisotopic (exact) mass is 384 g/mol. The van der Waals surface area contributed by atoms with Gasteiger partial charge in [0.25, 0.3) is 0 Å². The zero-order valence-electron chi connectivity index (χ0n) is 14.0. The molecule has 0 amide bonds. The summed E-state index contributed by atoms with van der Waals surface area (Å²) in [6.45, 7) is 7.26. The molecule has 0 aliphatic carbocycles. The Bertz CT molecular complexity index is 517. The second-order valence-electron chi connectivity index (χ2n) is 6.23. The van der Waals surface area contributed by atoms with Gasteiger partial charge < -0.3 is 5.32 Å². The summed E-state index contributed by atoms with van der Waals surface area (Å²) >= 11 is 5.83. The molecule has 0 saturated carbocycles. The van der Waals surface area contributed by atoms with Gasteiger partial charge in [-0.25, -0.2) is 0 Å². The molecule has 2 nitrogen and oxygen atoms in total. The number of alkyl halides is 3. The lowest BCUT2D eigenvalue weighted by Gasteiger charge is -2.39. The number of halogens is 5. The van der Waals surface area contributed by atoms with Crippen LogP contribution in [-0.4, -0.2) is 31.1 Å². The fourth-order valence-electron chi connectivity index (χ4n) is 3.47. The van der Waals surface area contributed by atoms with Crippen LogP contribution in [0.3, 0.4) is 0 Å². The number of nitrogens with one attached hydrogen (secondary N) is 1. The number of piperazine rings is 1. The largest absolute Gasteiger partial charge is 0.416 e. The van der Waals surface area contributed by atoms with Gasteiger partial charge in [0.2, 0.25) is 0 Å². The molecule has 1 aromatic rings. The molecule has 0 spiro atoms. The number of hydrogen-bond donors (Lipinski definition) is 1. The van der Waals surface area contributed by atoms with Crippen molar-refractivity contribution >= 4 is 24.0 Å². The third-order valence-electron chi connectivity index (χ3n) is 4.47. The summed E-state index contributed by atoms with van der Waals surface area (Å²) in [4.78, 5) is 2.18. The Morgan fingerprint density at radius 3 is 2.42 bits per heavy atom. The molecule has 1 aliphatic rings. The molecule has 1 aromatic carbocycles. The van der Waals surface area contributed by atoms with Crippen molar-refractivity contribution in [1.29, 1.82) is 0 Å². The van der Waals surface area contributed by atoms with Gasteiger partial charge in [-0.2, -0.15) is 13.2 Å². The molecule has 0 bridgehead atoms. The Labute approximate surface area is 153 Å². The number of benzene rings is 1. The first-order valence-corrected chi connectivity index (χ1v) is 8.53. The second-order valence-corrected chi connectivity index (χ2v) is 6.66. The highest BCUT2D eigenvalue weighted by molar-refractivity contribution is 6.30. The van der Waals surface area contributed by atoms with E-state index >= 15 is 0 Å². The third-order valence-corrected chi connectivity index (χ3v) is 4.70. The van der Waals surface area contributed by atoms with E-state index in [-0.39, 0.29) is 29.4 Å². The molecule has 1 N–H and O–H groups in total. The van der Waals surface area contributed by atoms with Gasteiger partial charge in [0.15, 0.2) is 0 Å². The quantitative estimate of drug-likeness (QED) is 0.753. The van der Waals surface area contributed by atoms with Crippen molar-refractivity contribution in [3.05, 3.63) is 34.3 Å². The van der Waals surface area contributed by atoms with Crippen molar-refractivity contribution < 1.29 is 13.2 Å². The van der Waals surface area contributed by atoms with Crippen LogP contribution < -0.4 is 5.32 Å². The Balaban J connectivity index is 0.00000288. The van der Waals surface area contributed by atoms with E-state index in [9.17, 15) is 13.2 Å². The zero-order chi connectivity index (χ0) is 17.0. The minimum Gasteiger partial charge on any atom is -0.314 e. The summed E-state index contributed by atoms with van der Waals surface area (Å²) in [5.74, 6) is 0.153. The molecule has 7 heteroatoms. The second kappa shape index (κ2) is 9.27. The maximum absolute atomic E-state index is 13.5. The fraction of sp³-hybridized carbons (Fsp3) is 0.647. The van der Waals surface area contributed by atoms with Crippen LogP contribution in [0.5, 0.6) is 0 Å². The summed E-state index contributed by atoms with van der Waals surface area (Å²) in [5, 5.41) is 3.39. The molecule has 1 heterocycles. The van der Waals surface area contributed by atoms with E-state index in [1.807, 2.05) is 6.92 Å². The summed E-state index contributed by atoms with van der Waals surface area (Å²) in [5.41, 5.74) is -0.249. The number of nitrogens with zero attached hydrogens (tertiary/aromatic N) is 1. The Hall–Kier alpha value is -0.490. The van der Waals surface area contributed by atoms with Crippen LogP contribution in [0.15, 0.2) is 18.2 Å². The molecule has 0 aromatic heterocycles. The summed E-state index contributed by atoms with van der Waals surface area (Å²) < 4.78 is 40.5. The molecule has 1 fully saturated rings. The minimum atomic E-state index is -4.39. The van der Waals surface area contributed by atoms with Crippen LogP contribution in [0.1, 0.15) is 43.9 Å². The lowest BCUT2D eigenvalue weighted by molar-refractivity contribution is -0.139. The predicted octanol–water partition coefficient (Wildman–Crippen LogP) is 5.16. The fourth-order valence-corrected chi connectivity index (χ4v) is 3.64. The highest BCUT2D eigenvalue weighted by atomic mass is 35.5. The van der Waals surface area contributed by atoms with E-state index in [2.05, 4.69) is 17.1 Å². The van der Waals surface area contributed by atoms with Crippen molar-refractivity contribution in [3.63, 3.8) is 0 Å². The first kappa shape index (κ1) is 21.6. The molecule has 2 rings (SSSR count). The maximum atomic E-state index is 13.5. The van der Waals surface area contributed by atoms with E-state index in [0.29, 0.717) is 5.56 Å². The van der Waals surface area contributed by atoms with Crippen molar-refractivity contribution in [3.8, 4) is 0 Å². The van der Waals surface area contributed by atoms with Gasteiger partial charge in [0.05, 0.1) is 5.56 Å². The van der Waals surface area contributed by atoms with Crippen LogP contribution in [0.2, 0.25) is 5.02 Å². The van der Waals surface area contributed by atoms with Gasteiger partial charge in [0.1, 0.15) is 0 Å². The lowest BCUT2D eigenvalue weighted by Crippen LogP contribution is -2.47. The van der Waals surface area contributed by atoms with Gasteiger partial charge in [-0.1, -0.05) is 37.9 Å². The van der Waals surface area contributed by atoms with E-state index in [1.54, 1.807) is 12.1 Å². The van der Waals surface area contributed by atoms with Crippen LogP contribution in [0.4, 0.5) is 13.2 Å². The summed E-state index contributed by atoms with van der Waals surface area (Å²) in [7, 11) is 0. The van der Waals surface area contributed by atoms with Crippen LogP contribution in [0, 0.1) is 5.92 Å². The third kappa shape index (κ3) is 5.25. The van der Waals surface area contributed by atoms with Crippen molar-refractivity contribution in [2.45, 2.75) is 38.9 Å². The first-order valence-electron chi connectivity index (χ1n) is 8.16. The first-order chi connectivity index (χ1) is 10.8. The highest BCUT2D eigenvalue weighted by Crippen LogP contribution is 2.41. The van der Waals surface area contributed by atoms with Crippen molar-refractivity contribution in [1.82, 2.24) is 10.2 Å². The molecular weight excluding hydrogens is 360 g/mol. The molecule has 0 radical (unpaired) electrons. The number of rotatable bonds is 5. The Morgan fingerprint density at radius 2 is 1.88 bits per heavy atom. The molecular formula is C17H25Cl2F3N2. The van der Waals surface area contributed by atoms with Crippen LogP contribution in [0.25, 0.3) is 0 Å². The average Bonchev–Trinajstić information content (AvgIpc) is 2.49. The van der Waals surface area contributed by atoms with E-state index in [0.717, 1.165) is 45.1 Å².